The van der Waals surface area contributed by atoms with E-state index in [2.05, 4.69) is 16.0 Å². The Balaban J connectivity index is 1.83. The van der Waals surface area contributed by atoms with Crippen LogP contribution in [0, 0.1) is 5.82 Å². The van der Waals surface area contributed by atoms with Crippen LogP contribution >= 0.6 is 0 Å². The second-order valence-electron chi connectivity index (χ2n) is 4.67. The number of carbonyl (C=O) groups is 2. The maximum Gasteiger partial charge on any atom is 0.243 e. The maximum absolute atomic E-state index is 12.8. The minimum Gasteiger partial charge on any atom is -0.376 e. The lowest BCUT2D eigenvalue weighted by Crippen LogP contribution is -2.21. The van der Waals surface area contributed by atoms with Gasteiger partial charge >= 0.3 is 0 Å². The molecule has 0 spiro atoms. The highest BCUT2D eigenvalue weighted by molar-refractivity contribution is 5.94. The molecule has 3 N–H and O–H groups in total. The monoisotopic (exact) mass is 301 g/mol. The number of benzene rings is 2. The SMILES string of the molecule is CC(=O)Nc1ccc(NC(=O)CNc2ccc(F)cc2)cc1. The van der Waals surface area contributed by atoms with Gasteiger partial charge in [-0.3, -0.25) is 9.59 Å². The van der Waals surface area contributed by atoms with Gasteiger partial charge in [-0.15, -0.1) is 0 Å². The molecule has 22 heavy (non-hydrogen) atoms. The van der Waals surface area contributed by atoms with E-state index in [0.717, 1.165) is 0 Å². The Labute approximate surface area is 127 Å². The number of rotatable bonds is 5. The summed E-state index contributed by atoms with van der Waals surface area (Å²) >= 11 is 0. The van der Waals surface area contributed by atoms with Crippen molar-refractivity contribution in [3.63, 3.8) is 0 Å². The molecule has 0 bridgehead atoms. The Hall–Kier alpha value is -2.89. The van der Waals surface area contributed by atoms with Crippen molar-refractivity contribution in [2.75, 3.05) is 22.5 Å². The van der Waals surface area contributed by atoms with Gasteiger partial charge in [-0.05, 0) is 48.5 Å². The zero-order chi connectivity index (χ0) is 15.9. The van der Waals surface area contributed by atoms with Gasteiger partial charge in [0.15, 0.2) is 0 Å². The van der Waals surface area contributed by atoms with Gasteiger partial charge < -0.3 is 16.0 Å². The molecular weight excluding hydrogens is 285 g/mol. The predicted octanol–water partition coefficient (Wildman–Crippen LogP) is 2.83. The van der Waals surface area contributed by atoms with Crippen molar-refractivity contribution >= 4 is 28.9 Å². The van der Waals surface area contributed by atoms with Gasteiger partial charge in [0.2, 0.25) is 11.8 Å². The van der Waals surface area contributed by atoms with Crippen molar-refractivity contribution in [1.82, 2.24) is 0 Å². The molecule has 0 unspecified atom stereocenters. The molecule has 5 nitrogen and oxygen atoms in total. The zero-order valence-electron chi connectivity index (χ0n) is 12.0. The molecule has 2 aromatic rings. The van der Waals surface area contributed by atoms with Crippen LogP contribution in [0.25, 0.3) is 0 Å². The van der Waals surface area contributed by atoms with E-state index in [1.807, 2.05) is 0 Å². The second-order valence-corrected chi connectivity index (χ2v) is 4.67. The molecule has 2 aromatic carbocycles. The smallest absolute Gasteiger partial charge is 0.243 e. The molecule has 0 saturated carbocycles. The Morgan fingerprint density at radius 2 is 1.36 bits per heavy atom. The Kier molecular flexibility index (Phi) is 5.08. The highest BCUT2D eigenvalue weighted by atomic mass is 19.1. The van der Waals surface area contributed by atoms with E-state index in [1.165, 1.54) is 19.1 Å². The Morgan fingerprint density at radius 3 is 1.91 bits per heavy atom. The Bertz CT molecular complexity index is 654. The molecule has 2 amide bonds. The third kappa shape index (κ3) is 4.90. The zero-order valence-corrected chi connectivity index (χ0v) is 12.0. The third-order valence-electron chi connectivity index (χ3n) is 2.79. The van der Waals surface area contributed by atoms with Gasteiger partial charge in [-0.1, -0.05) is 0 Å². The summed E-state index contributed by atoms with van der Waals surface area (Å²) in [7, 11) is 0. The minimum absolute atomic E-state index is 0.0685. The van der Waals surface area contributed by atoms with Crippen molar-refractivity contribution in [3.8, 4) is 0 Å². The van der Waals surface area contributed by atoms with Gasteiger partial charge in [-0.2, -0.15) is 0 Å². The van der Waals surface area contributed by atoms with Gasteiger partial charge in [0, 0.05) is 24.0 Å². The molecule has 0 aliphatic heterocycles. The van der Waals surface area contributed by atoms with Crippen molar-refractivity contribution in [1.29, 1.82) is 0 Å². The van der Waals surface area contributed by atoms with Crippen LogP contribution < -0.4 is 16.0 Å². The normalized spacial score (nSPS) is 9.91. The molecular formula is C16H16FN3O2. The lowest BCUT2D eigenvalue weighted by atomic mass is 10.2. The number of halogens is 1. The lowest BCUT2D eigenvalue weighted by molar-refractivity contribution is -0.115. The summed E-state index contributed by atoms with van der Waals surface area (Å²) in [5, 5.41) is 8.25. The van der Waals surface area contributed by atoms with Gasteiger partial charge in [0.1, 0.15) is 5.82 Å². The molecule has 0 aliphatic carbocycles. The number of hydrogen-bond donors (Lipinski definition) is 3. The van der Waals surface area contributed by atoms with Crippen molar-refractivity contribution < 1.29 is 14.0 Å². The van der Waals surface area contributed by atoms with Crippen LogP contribution in [-0.2, 0) is 9.59 Å². The highest BCUT2D eigenvalue weighted by Gasteiger charge is 2.03. The lowest BCUT2D eigenvalue weighted by Gasteiger charge is -2.08. The molecule has 114 valence electrons. The largest absolute Gasteiger partial charge is 0.376 e. The average Bonchev–Trinajstić information content (AvgIpc) is 2.48. The van der Waals surface area contributed by atoms with Gasteiger partial charge in [0.25, 0.3) is 0 Å². The quantitative estimate of drug-likeness (QED) is 0.795. The molecule has 2 rings (SSSR count). The summed E-state index contributed by atoms with van der Waals surface area (Å²) in [4.78, 5) is 22.7. The molecule has 0 aromatic heterocycles. The van der Waals surface area contributed by atoms with Crippen LogP contribution in [0.5, 0.6) is 0 Å². The average molecular weight is 301 g/mol. The molecule has 0 saturated heterocycles. The summed E-state index contributed by atoms with van der Waals surface area (Å²) in [5.41, 5.74) is 1.95. The predicted molar refractivity (Wildman–Crippen MR) is 84.3 cm³/mol. The first-order chi connectivity index (χ1) is 10.5. The van der Waals surface area contributed by atoms with E-state index in [-0.39, 0.29) is 24.2 Å². The van der Waals surface area contributed by atoms with Crippen LogP contribution in [0.4, 0.5) is 21.5 Å². The number of carbonyl (C=O) groups excluding carboxylic acids is 2. The third-order valence-corrected chi connectivity index (χ3v) is 2.79. The first-order valence-corrected chi connectivity index (χ1v) is 6.70. The second kappa shape index (κ2) is 7.21. The van der Waals surface area contributed by atoms with Crippen LogP contribution in [0.2, 0.25) is 0 Å². The fourth-order valence-electron chi connectivity index (χ4n) is 1.80. The number of hydrogen-bond acceptors (Lipinski definition) is 3. The Morgan fingerprint density at radius 1 is 0.864 bits per heavy atom. The van der Waals surface area contributed by atoms with Crippen LogP contribution in [0.3, 0.4) is 0 Å². The first kappa shape index (κ1) is 15.5. The molecule has 0 aliphatic rings. The minimum atomic E-state index is -0.325. The summed E-state index contributed by atoms with van der Waals surface area (Å²) in [6, 6.07) is 12.6. The summed E-state index contributed by atoms with van der Waals surface area (Å²) in [5.74, 6) is -0.703. The van der Waals surface area contributed by atoms with Crippen LogP contribution in [0.1, 0.15) is 6.92 Å². The van der Waals surface area contributed by atoms with Crippen LogP contribution in [-0.4, -0.2) is 18.4 Å². The molecule has 0 fully saturated rings. The van der Waals surface area contributed by atoms with E-state index < -0.39 is 0 Å². The van der Waals surface area contributed by atoms with E-state index in [4.69, 9.17) is 0 Å². The standard InChI is InChI=1S/C16H16FN3O2/c1-11(21)19-14-6-8-15(9-7-14)20-16(22)10-18-13-4-2-12(17)3-5-13/h2-9,18H,10H2,1H3,(H,19,21)(H,20,22). The van der Waals surface area contributed by atoms with Gasteiger partial charge in [-0.25, -0.2) is 4.39 Å². The summed E-state index contributed by atoms with van der Waals surface area (Å²) in [6.45, 7) is 1.50. The summed E-state index contributed by atoms with van der Waals surface area (Å²) < 4.78 is 12.8. The highest BCUT2D eigenvalue weighted by Crippen LogP contribution is 2.13. The fraction of sp³-hybridized carbons (Fsp3) is 0.125. The number of anilines is 3. The molecule has 0 radical (unpaired) electrons. The van der Waals surface area contributed by atoms with E-state index in [0.29, 0.717) is 17.1 Å². The first-order valence-electron chi connectivity index (χ1n) is 6.70. The van der Waals surface area contributed by atoms with E-state index in [1.54, 1.807) is 36.4 Å². The van der Waals surface area contributed by atoms with E-state index >= 15 is 0 Å². The fourth-order valence-corrected chi connectivity index (χ4v) is 1.80. The topological polar surface area (TPSA) is 70.2 Å². The van der Waals surface area contributed by atoms with Crippen molar-refractivity contribution in [2.45, 2.75) is 6.92 Å². The van der Waals surface area contributed by atoms with Crippen LogP contribution in [0.15, 0.2) is 48.5 Å². The molecule has 6 heteroatoms. The summed E-state index contributed by atoms with van der Waals surface area (Å²) in [6.07, 6.45) is 0. The van der Waals surface area contributed by atoms with E-state index in [9.17, 15) is 14.0 Å². The maximum atomic E-state index is 12.8. The molecule has 0 heterocycles. The number of amides is 2. The van der Waals surface area contributed by atoms with Crippen molar-refractivity contribution in [3.05, 3.63) is 54.3 Å². The van der Waals surface area contributed by atoms with Gasteiger partial charge in [0.05, 0.1) is 6.54 Å². The molecule has 0 atom stereocenters. The van der Waals surface area contributed by atoms with Crippen molar-refractivity contribution in [2.24, 2.45) is 0 Å². The number of nitrogens with one attached hydrogen (secondary N) is 3.